The van der Waals surface area contributed by atoms with E-state index < -0.39 is 5.60 Å². The van der Waals surface area contributed by atoms with Gasteiger partial charge in [0.05, 0.1) is 5.60 Å². The quantitative estimate of drug-likeness (QED) is 0.719. The first-order valence-electron chi connectivity index (χ1n) is 6.05. The summed E-state index contributed by atoms with van der Waals surface area (Å²) in [6.07, 6.45) is 5.41. The Morgan fingerprint density at radius 3 is 2.00 bits per heavy atom. The lowest BCUT2D eigenvalue weighted by Gasteiger charge is -2.61. The van der Waals surface area contributed by atoms with Crippen molar-refractivity contribution in [1.82, 2.24) is 0 Å². The minimum atomic E-state index is -0.436. The second kappa shape index (κ2) is 2.98. The van der Waals surface area contributed by atoms with Crippen LogP contribution in [0, 0.1) is 23.2 Å². The van der Waals surface area contributed by atoms with Gasteiger partial charge in [-0.3, -0.25) is 0 Å². The van der Waals surface area contributed by atoms with Gasteiger partial charge in [-0.25, -0.2) is 0 Å². The van der Waals surface area contributed by atoms with E-state index in [4.69, 9.17) is 0 Å². The zero-order chi connectivity index (χ0) is 10.6. The van der Waals surface area contributed by atoms with Gasteiger partial charge < -0.3 is 5.11 Å². The van der Waals surface area contributed by atoms with Gasteiger partial charge in [0.15, 0.2) is 0 Å². The molecule has 0 aromatic heterocycles. The summed E-state index contributed by atoms with van der Waals surface area (Å²) in [5, 5.41) is 9.86. The van der Waals surface area contributed by atoms with E-state index in [0.29, 0.717) is 11.3 Å². The Hall–Kier alpha value is -0.0400. The van der Waals surface area contributed by atoms with Gasteiger partial charge in [0.2, 0.25) is 0 Å². The molecule has 82 valence electrons. The molecular formula is C13H24O. The molecule has 1 nitrogen and oxygen atoms in total. The largest absolute Gasteiger partial charge is 0.390 e. The van der Waals surface area contributed by atoms with Crippen molar-refractivity contribution in [2.45, 2.75) is 59.0 Å². The Bertz CT molecular complexity index is 210. The molecule has 2 aliphatic carbocycles. The van der Waals surface area contributed by atoms with Crippen LogP contribution in [0.3, 0.4) is 0 Å². The van der Waals surface area contributed by atoms with Gasteiger partial charge >= 0.3 is 0 Å². The van der Waals surface area contributed by atoms with Crippen molar-refractivity contribution in [2.24, 2.45) is 23.2 Å². The highest BCUT2D eigenvalue weighted by Crippen LogP contribution is 2.64. The molecule has 0 aromatic carbocycles. The van der Waals surface area contributed by atoms with Crippen LogP contribution < -0.4 is 0 Å². The Morgan fingerprint density at radius 2 is 1.64 bits per heavy atom. The first-order valence-corrected chi connectivity index (χ1v) is 6.05. The second-order valence-electron chi connectivity index (χ2n) is 6.67. The lowest BCUT2D eigenvalue weighted by Crippen LogP contribution is -2.54. The fourth-order valence-corrected chi connectivity index (χ4v) is 3.34. The average molecular weight is 196 g/mol. The lowest BCUT2D eigenvalue weighted by atomic mass is 9.45. The van der Waals surface area contributed by atoms with Crippen LogP contribution >= 0.6 is 0 Å². The zero-order valence-corrected chi connectivity index (χ0v) is 10.0. The monoisotopic (exact) mass is 196 g/mol. The minimum Gasteiger partial charge on any atom is -0.390 e. The third-order valence-electron chi connectivity index (χ3n) is 4.69. The first kappa shape index (κ1) is 10.5. The normalized spacial score (nSPS) is 42.4. The number of hydrogen-bond donors (Lipinski definition) is 1. The highest BCUT2D eigenvalue weighted by Gasteiger charge is 2.56. The average Bonchev–Trinajstić information content (AvgIpc) is 1.74. The van der Waals surface area contributed by atoms with Crippen LogP contribution in [0.5, 0.6) is 0 Å². The summed E-state index contributed by atoms with van der Waals surface area (Å²) in [6, 6.07) is 0. The summed E-state index contributed by atoms with van der Waals surface area (Å²) in [5.74, 6) is 2.40. The van der Waals surface area contributed by atoms with E-state index >= 15 is 0 Å². The second-order valence-corrected chi connectivity index (χ2v) is 6.67. The minimum absolute atomic E-state index is 0.436. The molecular weight excluding hydrogens is 172 g/mol. The first-order chi connectivity index (χ1) is 6.32. The Kier molecular flexibility index (Phi) is 2.23. The van der Waals surface area contributed by atoms with Gasteiger partial charge in [0, 0.05) is 0 Å². The van der Waals surface area contributed by atoms with Crippen molar-refractivity contribution in [1.29, 1.82) is 0 Å². The van der Waals surface area contributed by atoms with Gasteiger partial charge in [0.25, 0.3) is 0 Å². The SMILES string of the molecule is CC(C)C1CC2(C1)CC(C(C)(C)O)C2. The lowest BCUT2D eigenvalue weighted by molar-refractivity contribution is -0.146. The maximum absolute atomic E-state index is 9.86. The molecule has 2 saturated carbocycles. The number of hydrogen-bond acceptors (Lipinski definition) is 1. The van der Waals surface area contributed by atoms with Crippen molar-refractivity contribution in [3.05, 3.63) is 0 Å². The summed E-state index contributed by atoms with van der Waals surface area (Å²) in [7, 11) is 0. The zero-order valence-electron chi connectivity index (χ0n) is 10.0. The molecule has 1 heteroatoms. The van der Waals surface area contributed by atoms with Crippen LogP contribution in [-0.4, -0.2) is 10.7 Å². The molecule has 0 bridgehead atoms. The molecule has 0 amide bonds. The Labute approximate surface area is 87.9 Å². The van der Waals surface area contributed by atoms with Crippen molar-refractivity contribution in [3.63, 3.8) is 0 Å². The summed E-state index contributed by atoms with van der Waals surface area (Å²) >= 11 is 0. The van der Waals surface area contributed by atoms with Gasteiger partial charge in [0.1, 0.15) is 0 Å². The third-order valence-corrected chi connectivity index (χ3v) is 4.69. The fourth-order valence-electron chi connectivity index (χ4n) is 3.34. The fraction of sp³-hybridized carbons (Fsp3) is 1.00. The number of rotatable bonds is 2. The van der Waals surface area contributed by atoms with E-state index in [1.54, 1.807) is 0 Å². The van der Waals surface area contributed by atoms with Crippen molar-refractivity contribution >= 4 is 0 Å². The molecule has 0 aromatic rings. The van der Waals surface area contributed by atoms with Crippen LogP contribution in [-0.2, 0) is 0 Å². The van der Waals surface area contributed by atoms with E-state index in [1.807, 2.05) is 13.8 Å². The standard InChI is InChI=1S/C13H24O/c1-9(2)10-5-13(6-10)7-11(8-13)12(3,4)14/h9-11,14H,5-8H2,1-4H3. The molecule has 2 rings (SSSR count). The van der Waals surface area contributed by atoms with Crippen LogP contribution in [0.4, 0.5) is 0 Å². The summed E-state index contributed by atoms with van der Waals surface area (Å²) in [4.78, 5) is 0. The molecule has 0 aliphatic heterocycles. The van der Waals surface area contributed by atoms with Crippen LogP contribution in [0.15, 0.2) is 0 Å². The Morgan fingerprint density at radius 1 is 1.14 bits per heavy atom. The third kappa shape index (κ3) is 1.60. The molecule has 2 fully saturated rings. The Balaban J connectivity index is 1.80. The van der Waals surface area contributed by atoms with E-state index in [0.717, 1.165) is 11.8 Å². The van der Waals surface area contributed by atoms with E-state index in [9.17, 15) is 5.11 Å². The van der Waals surface area contributed by atoms with Gasteiger partial charge in [-0.15, -0.1) is 0 Å². The van der Waals surface area contributed by atoms with Crippen molar-refractivity contribution in [3.8, 4) is 0 Å². The summed E-state index contributed by atoms with van der Waals surface area (Å²) in [5.41, 5.74) is 0.230. The topological polar surface area (TPSA) is 20.2 Å². The molecule has 0 saturated heterocycles. The van der Waals surface area contributed by atoms with Gasteiger partial charge in [-0.1, -0.05) is 13.8 Å². The molecule has 0 radical (unpaired) electrons. The molecule has 1 N–H and O–H groups in total. The molecule has 2 aliphatic rings. The smallest absolute Gasteiger partial charge is 0.0620 e. The van der Waals surface area contributed by atoms with Crippen molar-refractivity contribution in [2.75, 3.05) is 0 Å². The highest BCUT2D eigenvalue weighted by molar-refractivity contribution is 5.06. The predicted octanol–water partition coefficient (Wildman–Crippen LogP) is 3.22. The highest BCUT2D eigenvalue weighted by atomic mass is 16.3. The molecule has 14 heavy (non-hydrogen) atoms. The molecule has 0 heterocycles. The van der Waals surface area contributed by atoms with Crippen LogP contribution in [0.25, 0.3) is 0 Å². The van der Waals surface area contributed by atoms with Gasteiger partial charge in [-0.05, 0) is 62.7 Å². The van der Waals surface area contributed by atoms with E-state index in [1.165, 1.54) is 25.7 Å². The van der Waals surface area contributed by atoms with Crippen molar-refractivity contribution < 1.29 is 5.11 Å². The maximum atomic E-state index is 9.86. The van der Waals surface area contributed by atoms with Crippen LogP contribution in [0.1, 0.15) is 53.4 Å². The molecule has 1 spiro atoms. The van der Waals surface area contributed by atoms with Gasteiger partial charge in [-0.2, -0.15) is 0 Å². The predicted molar refractivity (Wildman–Crippen MR) is 59.0 cm³/mol. The summed E-state index contributed by atoms with van der Waals surface area (Å²) < 4.78 is 0. The van der Waals surface area contributed by atoms with E-state index in [2.05, 4.69) is 13.8 Å². The number of aliphatic hydroxyl groups is 1. The van der Waals surface area contributed by atoms with E-state index in [-0.39, 0.29) is 0 Å². The molecule has 0 atom stereocenters. The van der Waals surface area contributed by atoms with Crippen LogP contribution in [0.2, 0.25) is 0 Å². The molecule has 0 unspecified atom stereocenters. The maximum Gasteiger partial charge on any atom is 0.0620 e. The summed E-state index contributed by atoms with van der Waals surface area (Å²) in [6.45, 7) is 8.60.